The summed E-state index contributed by atoms with van der Waals surface area (Å²) < 4.78 is 11.4. The molecule has 0 aromatic heterocycles. The first-order valence-corrected chi connectivity index (χ1v) is 9.45. The summed E-state index contributed by atoms with van der Waals surface area (Å²) in [5.41, 5.74) is 2.17. The third kappa shape index (κ3) is 7.26. The van der Waals surface area contributed by atoms with E-state index in [-0.39, 0.29) is 18.2 Å². The third-order valence-electron chi connectivity index (χ3n) is 4.29. The molecule has 2 aromatic rings. The van der Waals surface area contributed by atoms with Crippen molar-refractivity contribution in [3.8, 4) is 11.5 Å². The molecule has 144 valence electrons. The summed E-state index contributed by atoms with van der Waals surface area (Å²) in [4.78, 5) is 24.3. The molecule has 27 heavy (non-hydrogen) atoms. The minimum absolute atomic E-state index is 0.0229. The molecule has 0 saturated heterocycles. The van der Waals surface area contributed by atoms with Gasteiger partial charge in [0, 0.05) is 12.8 Å². The highest BCUT2D eigenvalue weighted by Crippen LogP contribution is 2.18. The lowest BCUT2D eigenvalue weighted by molar-refractivity contribution is -0.126. The van der Waals surface area contributed by atoms with Crippen molar-refractivity contribution < 1.29 is 19.1 Å². The van der Waals surface area contributed by atoms with Crippen LogP contribution in [0.4, 0.5) is 0 Å². The largest absolute Gasteiger partial charge is 0.486 e. The van der Waals surface area contributed by atoms with Gasteiger partial charge < -0.3 is 9.47 Å². The lowest BCUT2D eigenvalue weighted by Gasteiger charge is -2.18. The number of aryl methyl sites for hydroxylation is 2. The zero-order chi connectivity index (χ0) is 19.6. The molecule has 2 aromatic carbocycles. The second kappa shape index (κ2) is 10.5. The van der Waals surface area contributed by atoms with E-state index in [2.05, 4.69) is 0 Å². The predicted molar refractivity (Wildman–Crippen MR) is 106 cm³/mol. The number of carbonyl (C=O) groups excluding carboxylic acids is 2. The monoisotopic (exact) mass is 368 g/mol. The Morgan fingerprint density at radius 2 is 1.59 bits per heavy atom. The van der Waals surface area contributed by atoms with E-state index in [1.54, 1.807) is 0 Å². The van der Waals surface area contributed by atoms with E-state index in [4.69, 9.17) is 9.47 Å². The fourth-order valence-electron chi connectivity index (χ4n) is 2.79. The molecule has 0 saturated carbocycles. The van der Waals surface area contributed by atoms with E-state index in [1.165, 1.54) is 0 Å². The number of ether oxygens (including phenoxy) is 2. The van der Waals surface area contributed by atoms with Crippen LogP contribution in [-0.2, 0) is 9.59 Å². The van der Waals surface area contributed by atoms with Crippen LogP contribution in [0, 0.1) is 13.8 Å². The number of benzene rings is 2. The Hall–Kier alpha value is -2.62. The summed E-state index contributed by atoms with van der Waals surface area (Å²) in [6, 6.07) is 15.3. The maximum Gasteiger partial charge on any atom is 0.173 e. The number of rotatable bonds is 11. The van der Waals surface area contributed by atoms with Crippen molar-refractivity contribution in [2.24, 2.45) is 0 Å². The van der Waals surface area contributed by atoms with Crippen LogP contribution in [0.2, 0.25) is 0 Å². The Balaban J connectivity index is 1.80. The van der Waals surface area contributed by atoms with Gasteiger partial charge in [0.25, 0.3) is 0 Å². The summed E-state index contributed by atoms with van der Waals surface area (Å²) in [6.07, 6.45) is 1.40. The summed E-state index contributed by atoms with van der Waals surface area (Å²) in [5.74, 6) is 1.47. The molecule has 0 aliphatic rings. The molecule has 4 heteroatoms. The minimum Gasteiger partial charge on any atom is -0.486 e. The van der Waals surface area contributed by atoms with E-state index in [0.29, 0.717) is 37.2 Å². The zero-order valence-electron chi connectivity index (χ0n) is 16.4. The molecular formula is C23H28O4. The fourth-order valence-corrected chi connectivity index (χ4v) is 2.79. The van der Waals surface area contributed by atoms with E-state index in [9.17, 15) is 9.59 Å². The highest BCUT2D eigenvalue weighted by Gasteiger charge is 2.19. The zero-order valence-corrected chi connectivity index (χ0v) is 16.4. The van der Waals surface area contributed by atoms with Crippen LogP contribution < -0.4 is 9.47 Å². The molecule has 4 nitrogen and oxygen atoms in total. The van der Waals surface area contributed by atoms with E-state index in [0.717, 1.165) is 11.1 Å². The predicted octanol–water partition coefficient (Wildman–Crippen LogP) is 4.85. The smallest absolute Gasteiger partial charge is 0.173 e. The Labute approximate surface area is 161 Å². The number of Topliss-reactive ketones (excluding diaryl/α,β-unsaturated/α-hetero) is 2. The summed E-state index contributed by atoms with van der Waals surface area (Å²) >= 11 is 0. The van der Waals surface area contributed by atoms with Gasteiger partial charge in [0.15, 0.2) is 17.7 Å². The van der Waals surface area contributed by atoms with Gasteiger partial charge in [-0.15, -0.1) is 0 Å². The van der Waals surface area contributed by atoms with E-state index in [1.807, 2.05) is 69.3 Å². The van der Waals surface area contributed by atoms with Crippen molar-refractivity contribution in [1.82, 2.24) is 0 Å². The quantitative estimate of drug-likeness (QED) is 0.569. The van der Waals surface area contributed by atoms with E-state index < -0.39 is 6.10 Å². The van der Waals surface area contributed by atoms with Gasteiger partial charge in [0.05, 0.1) is 0 Å². The van der Waals surface area contributed by atoms with Gasteiger partial charge in [-0.3, -0.25) is 9.59 Å². The van der Waals surface area contributed by atoms with E-state index >= 15 is 0 Å². The second-order valence-corrected chi connectivity index (χ2v) is 6.78. The first-order valence-electron chi connectivity index (χ1n) is 9.45. The minimum atomic E-state index is -0.512. The lowest BCUT2D eigenvalue weighted by atomic mass is 10.0. The SMILES string of the molecule is CCC(=O)C(CCCC(=O)COc1cccc(C)c1)Oc1cccc(C)c1. The second-order valence-electron chi connectivity index (χ2n) is 6.78. The van der Waals surface area contributed by atoms with Crippen molar-refractivity contribution in [3.63, 3.8) is 0 Å². The van der Waals surface area contributed by atoms with Crippen LogP contribution >= 0.6 is 0 Å². The standard InChI is InChI=1S/C23H28O4/c1-4-22(25)23(27-21-12-6-9-18(3)15-21)13-7-10-19(24)16-26-20-11-5-8-17(2)14-20/h5-6,8-9,11-12,14-15,23H,4,7,10,13,16H2,1-3H3. The first kappa shape index (κ1) is 20.7. The summed E-state index contributed by atoms with van der Waals surface area (Å²) in [7, 11) is 0. The summed E-state index contributed by atoms with van der Waals surface area (Å²) in [5, 5.41) is 0. The summed E-state index contributed by atoms with van der Waals surface area (Å²) in [6.45, 7) is 5.84. The molecule has 2 rings (SSSR count). The average molecular weight is 368 g/mol. The van der Waals surface area contributed by atoms with Gasteiger partial charge in [-0.05, 0) is 62.1 Å². The molecule has 0 radical (unpaired) electrons. The number of hydrogen-bond donors (Lipinski definition) is 0. The molecular weight excluding hydrogens is 340 g/mol. The number of hydrogen-bond acceptors (Lipinski definition) is 4. The highest BCUT2D eigenvalue weighted by atomic mass is 16.5. The normalized spacial score (nSPS) is 11.7. The third-order valence-corrected chi connectivity index (χ3v) is 4.29. The molecule has 0 bridgehead atoms. The molecule has 0 fully saturated rings. The van der Waals surface area contributed by atoms with Crippen LogP contribution in [0.15, 0.2) is 48.5 Å². The molecule has 0 amide bonds. The van der Waals surface area contributed by atoms with Crippen molar-refractivity contribution in [1.29, 1.82) is 0 Å². The van der Waals surface area contributed by atoms with Crippen LogP contribution in [0.25, 0.3) is 0 Å². The Morgan fingerprint density at radius 1 is 0.963 bits per heavy atom. The van der Waals surface area contributed by atoms with Crippen LogP contribution in [0.5, 0.6) is 11.5 Å². The Kier molecular flexibility index (Phi) is 8.05. The van der Waals surface area contributed by atoms with Gasteiger partial charge in [-0.1, -0.05) is 31.2 Å². The van der Waals surface area contributed by atoms with Gasteiger partial charge in [-0.2, -0.15) is 0 Å². The van der Waals surface area contributed by atoms with Crippen LogP contribution in [0.3, 0.4) is 0 Å². The molecule has 0 N–H and O–H groups in total. The lowest BCUT2D eigenvalue weighted by Crippen LogP contribution is -2.27. The van der Waals surface area contributed by atoms with Gasteiger partial charge in [-0.25, -0.2) is 0 Å². The first-order chi connectivity index (χ1) is 13.0. The van der Waals surface area contributed by atoms with Crippen LogP contribution in [0.1, 0.15) is 43.7 Å². The number of carbonyl (C=O) groups is 2. The Morgan fingerprint density at radius 3 is 2.22 bits per heavy atom. The highest BCUT2D eigenvalue weighted by molar-refractivity contribution is 5.83. The van der Waals surface area contributed by atoms with Gasteiger partial charge in [0.2, 0.25) is 0 Å². The molecule has 1 unspecified atom stereocenters. The van der Waals surface area contributed by atoms with Crippen LogP contribution in [-0.4, -0.2) is 24.3 Å². The van der Waals surface area contributed by atoms with Crippen molar-refractivity contribution in [2.45, 2.75) is 52.6 Å². The molecule has 0 aliphatic heterocycles. The maximum absolute atomic E-state index is 12.2. The Bertz CT molecular complexity index is 766. The molecule has 0 aliphatic carbocycles. The van der Waals surface area contributed by atoms with Gasteiger partial charge in [0.1, 0.15) is 18.1 Å². The van der Waals surface area contributed by atoms with Crippen molar-refractivity contribution in [2.75, 3.05) is 6.61 Å². The van der Waals surface area contributed by atoms with Gasteiger partial charge >= 0.3 is 0 Å². The van der Waals surface area contributed by atoms with Crippen molar-refractivity contribution in [3.05, 3.63) is 59.7 Å². The molecule has 0 spiro atoms. The molecule has 1 atom stereocenters. The average Bonchev–Trinajstić information content (AvgIpc) is 2.65. The molecule has 0 heterocycles. The fraction of sp³-hybridized carbons (Fsp3) is 0.391. The maximum atomic E-state index is 12.2. The topological polar surface area (TPSA) is 52.6 Å². The number of ketones is 2. The van der Waals surface area contributed by atoms with Crippen molar-refractivity contribution >= 4 is 11.6 Å².